The maximum absolute atomic E-state index is 4.75. The summed E-state index contributed by atoms with van der Waals surface area (Å²) in [4.78, 5) is 11.8. The van der Waals surface area contributed by atoms with Crippen molar-refractivity contribution < 1.29 is 0 Å². The van der Waals surface area contributed by atoms with Crippen LogP contribution in [0.2, 0.25) is 0 Å². The van der Waals surface area contributed by atoms with Crippen LogP contribution in [0.15, 0.2) is 30.5 Å². The highest BCUT2D eigenvalue weighted by molar-refractivity contribution is 5.77. The van der Waals surface area contributed by atoms with E-state index in [4.69, 9.17) is 4.98 Å². The van der Waals surface area contributed by atoms with E-state index in [2.05, 4.69) is 34.3 Å². The van der Waals surface area contributed by atoms with Gasteiger partial charge in [-0.2, -0.15) is 0 Å². The molecule has 1 unspecified atom stereocenters. The molecule has 0 saturated carbocycles. The molecular formula is C15H20N4. The molecule has 1 aromatic carbocycles. The smallest absolute Gasteiger partial charge is 0.146 e. The highest BCUT2D eigenvalue weighted by Gasteiger charge is 2.22. The molecule has 100 valence electrons. The Labute approximate surface area is 113 Å². The monoisotopic (exact) mass is 256 g/mol. The second-order valence-corrected chi connectivity index (χ2v) is 5.00. The third kappa shape index (κ3) is 2.60. The maximum Gasteiger partial charge on any atom is 0.146 e. The molecule has 0 amide bonds. The van der Waals surface area contributed by atoms with E-state index in [0.717, 1.165) is 49.3 Å². The zero-order valence-electron chi connectivity index (χ0n) is 11.3. The van der Waals surface area contributed by atoms with Crippen LogP contribution in [-0.4, -0.2) is 41.0 Å². The summed E-state index contributed by atoms with van der Waals surface area (Å²) in [6, 6.07) is 8.52. The van der Waals surface area contributed by atoms with Gasteiger partial charge in [-0.05, 0) is 12.5 Å². The van der Waals surface area contributed by atoms with Gasteiger partial charge in [0.2, 0.25) is 0 Å². The van der Waals surface area contributed by atoms with Crippen molar-refractivity contribution in [3.8, 4) is 0 Å². The van der Waals surface area contributed by atoms with Crippen molar-refractivity contribution in [2.45, 2.75) is 19.4 Å². The van der Waals surface area contributed by atoms with Gasteiger partial charge in [-0.25, -0.2) is 9.97 Å². The number of fused-ring (bicyclic) bond motifs is 1. The number of hydrogen-bond acceptors (Lipinski definition) is 4. The molecule has 2 aromatic rings. The van der Waals surface area contributed by atoms with E-state index in [1.807, 2.05) is 18.3 Å². The molecule has 1 saturated heterocycles. The maximum atomic E-state index is 4.75. The van der Waals surface area contributed by atoms with Crippen LogP contribution in [0.5, 0.6) is 0 Å². The quantitative estimate of drug-likeness (QED) is 0.912. The third-order valence-electron chi connectivity index (χ3n) is 3.78. The van der Waals surface area contributed by atoms with Gasteiger partial charge in [-0.3, -0.25) is 4.90 Å². The Morgan fingerprint density at radius 2 is 2.05 bits per heavy atom. The lowest BCUT2D eigenvalue weighted by Crippen LogP contribution is -2.45. The molecule has 2 heterocycles. The number of nitrogens with zero attached hydrogens (tertiary/aromatic N) is 3. The van der Waals surface area contributed by atoms with Crippen LogP contribution in [-0.2, 0) is 0 Å². The topological polar surface area (TPSA) is 41.1 Å². The summed E-state index contributed by atoms with van der Waals surface area (Å²) >= 11 is 0. The van der Waals surface area contributed by atoms with Crippen molar-refractivity contribution in [1.82, 2.24) is 20.2 Å². The molecule has 0 bridgehead atoms. The van der Waals surface area contributed by atoms with Gasteiger partial charge in [0.1, 0.15) is 5.82 Å². The van der Waals surface area contributed by atoms with Crippen LogP contribution >= 0.6 is 0 Å². The zero-order valence-corrected chi connectivity index (χ0v) is 11.3. The fourth-order valence-corrected chi connectivity index (χ4v) is 2.74. The van der Waals surface area contributed by atoms with E-state index in [1.54, 1.807) is 0 Å². The Hall–Kier alpha value is -1.52. The van der Waals surface area contributed by atoms with E-state index in [0.29, 0.717) is 6.04 Å². The largest absolute Gasteiger partial charge is 0.314 e. The van der Waals surface area contributed by atoms with Gasteiger partial charge in [0, 0.05) is 37.8 Å². The predicted molar refractivity (Wildman–Crippen MR) is 77.0 cm³/mol. The van der Waals surface area contributed by atoms with Crippen molar-refractivity contribution in [2.24, 2.45) is 0 Å². The first-order valence-corrected chi connectivity index (χ1v) is 7.05. The summed E-state index contributed by atoms with van der Waals surface area (Å²) in [6.07, 6.45) is 3.00. The average molecular weight is 256 g/mol. The number of hydrogen-bond donors (Lipinski definition) is 1. The SMILES string of the molecule is CCC(c1ncc2ccccc2n1)N1CCNCC1. The number of para-hydroxylation sites is 1. The zero-order chi connectivity index (χ0) is 13.1. The van der Waals surface area contributed by atoms with E-state index in [1.165, 1.54) is 0 Å². The lowest BCUT2D eigenvalue weighted by molar-refractivity contribution is 0.163. The molecule has 0 spiro atoms. The van der Waals surface area contributed by atoms with Crippen LogP contribution in [0.25, 0.3) is 10.9 Å². The molecule has 1 fully saturated rings. The normalized spacial score (nSPS) is 18.6. The van der Waals surface area contributed by atoms with Crippen molar-refractivity contribution >= 4 is 10.9 Å². The van der Waals surface area contributed by atoms with E-state index >= 15 is 0 Å². The molecule has 1 aromatic heterocycles. The van der Waals surface area contributed by atoms with Crippen molar-refractivity contribution in [3.05, 3.63) is 36.3 Å². The van der Waals surface area contributed by atoms with Crippen molar-refractivity contribution in [1.29, 1.82) is 0 Å². The van der Waals surface area contributed by atoms with Crippen LogP contribution in [0.1, 0.15) is 25.2 Å². The predicted octanol–water partition coefficient (Wildman–Crippen LogP) is 1.99. The fourth-order valence-electron chi connectivity index (χ4n) is 2.74. The number of benzene rings is 1. The molecule has 1 N–H and O–H groups in total. The molecule has 19 heavy (non-hydrogen) atoms. The second kappa shape index (κ2) is 5.63. The molecule has 4 heteroatoms. The van der Waals surface area contributed by atoms with Gasteiger partial charge in [0.05, 0.1) is 11.6 Å². The number of aromatic nitrogens is 2. The minimum absolute atomic E-state index is 0.340. The summed E-state index contributed by atoms with van der Waals surface area (Å²) < 4.78 is 0. The molecule has 3 rings (SSSR count). The number of nitrogens with one attached hydrogen (secondary N) is 1. The lowest BCUT2D eigenvalue weighted by atomic mass is 10.1. The second-order valence-electron chi connectivity index (χ2n) is 5.00. The van der Waals surface area contributed by atoms with Gasteiger partial charge in [-0.1, -0.05) is 25.1 Å². The Morgan fingerprint density at radius 3 is 2.84 bits per heavy atom. The minimum atomic E-state index is 0.340. The first kappa shape index (κ1) is 12.5. The molecule has 0 radical (unpaired) electrons. The number of rotatable bonds is 3. The molecule has 4 nitrogen and oxygen atoms in total. The third-order valence-corrected chi connectivity index (χ3v) is 3.78. The first-order valence-electron chi connectivity index (χ1n) is 7.05. The summed E-state index contributed by atoms with van der Waals surface area (Å²) in [5.41, 5.74) is 1.04. The van der Waals surface area contributed by atoms with Crippen LogP contribution < -0.4 is 5.32 Å². The first-order chi connectivity index (χ1) is 9.38. The van der Waals surface area contributed by atoms with Gasteiger partial charge >= 0.3 is 0 Å². The fraction of sp³-hybridized carbons (Fsp3) is 0.467. The van der Waals surface area contributed by atoms with Gasteiger partial charge in [-0.15, -0.1) is 0 Å². The number of piperazine rings is 1. The van der Waals surface area contributed by atoms with Crippen LogP contribution in [0.4, 0.5) is 0 Å². The Morgan fingerprint density at radius 1 is 1.26 bits per heavy atom. The Bertz CT molecular complexity index is 549. The molecule has 1 aliphatic heterocycles. The summed E-state index contributed by atoms with van der Waals surface area (Å²) in [7, 11) is 0. The molecule has 1 aliphatic rings. The molecular weight excluding hydrogens is 236 g/mol. The lowest BCUT2D eigenvalue weighted by Gasteiger charge is -2.33. The van der Waals surface area contributed by atoms with E-state index < -0.39 is 0 Å². The van der Waals surface area contributed by atoms with Crippen LogP contribution in [0.3, 0.4) is 0 Å². The average Bonchev–Trinajstić information content (AvgIpc) is 2.49. The summed E-state index contributed by atoms with van der Waals surface area (Å²) in [6.45, 7) is 6.49. The Balaban J connectivity index is 1.91. The van der Waals surface area contributed by atoms with E-state index in [-0.39, 0.29) is 0 Å². The van der Waals surface area contributed by atoms with Gasteiger partial charge in [0.15, 0.2) is 0 Å². The highest BCUT2D eigenvalue weighted by atomic mass is 15.2. The van der Waals surface area contributed by atoms with Crippen molar-refractivity contribution in [3.63, 3.8) is 0 Å². The summed E-state index contributed by atoms with van der Waals surface area (Å²) in [5, 5.41) is 4.50. The Kier molecular flexibility index (Phi) is 3.71. The van der Waals surface area contributed by atoms with Crippen molar-refractivity contribution in [2.75, 3.05) is 26.2 Å². The van der Waals surface area contributed by atoms with Crippen LogP contribution in [0, 0.1) is 0 Å². The molecule has 1 atom stereocenters. The standard InChI is InChI=1S/C15H20N4/c1-2-14(19-9-7-16-8-10-19)15-17-11-12-5-3-4-6-13(12)18-15/h3-6,11,14,16H,2,7-10H2,1H3. The molecule has 0 aliphatic carbocycles. The van der Waals surface area contributed by atoms with Gasteiger partial charge in [0.25, 0.3) is 0 Å². The highest BCUT2D eigenvalue weighted by Crippen LogP contribution is 2.22. The van der Waals surface area contributed by atoms with Gasteiger partial charge < -0.3 is 5.32 Å². The summed E-state index contributed by atoms with van der Waals surface area (Å²) in [5.74, 6) is 0.961. The minimum Gasteiger partial charge on any atom is -0.314 e. The van der Waals surface area contributed by atoms with E-state index in [9.17, 15) is 0 Å².